The topological polar surface area (TPSA) is 83.8 Å². The van der Waals surface area contributed by atoms with Crippen LogP contribution >= 0.6 is 11.6 Å². The van der Waals surface area contributed by atoms with E-state index in [2.05, 4.69) is 10.3 Å². The Hall–Kier alpha value is -3.39. The number of anilines is 1. The average molecular weight is 428 g/mol. The lowest BCUT2D eigenvalue weighted by atomic mass is 9.88. The summed E-state index contributed by atoms with van der Waals surface area (Å²) in [5.41, 5.74) is 2.26. The molecule has 30 heavy (non-hydrogen) atoms. The van der Waals surface area contributed by atoms with Gasteiger partial charge in [-0.2, -0.15) is 0 Å². The summed E-state index contributed by atoms with van der Waals surface area (Å²) in [6.45, 7) is 0.0747. The summed E-state index contributed by atoms with van der Waals surface area (Å²) in [5.74, 6) is 2.09. The molecule has 1 atom stereocenters. The largest absolute Gasteiger partial charge is 0.493 e. The summed E-state index contributed by atoms with van der Waals surface area (Å²) in [4.78, 5) is 17.3. The van der Waals surface area contributed by atoms with Gasteiger partial charge in [-0.05, 0) is 24.3 Å². The van der Waals surface area contributed by atoms with Crippen LogP contribution in [-0.2, 0) is 4.79 Å². The second-order valence-corrected chi connectivity index (χ2v) is 7.34. The number of aromatic nitrogens is 2. The fraction of sp³-hybridized carbons (Fsp3) is 0.238. The van der Waals surface area contributed by atoms with Gasteiger partial charge in [0.2, 0.25) is 24.2 Å². The summed E-state index contributed by atoms with van der Waals surface area (Å²) in [6, 6.07) is 9.16. The molecule has 2 aliphatic heterocycles. The molecular formula is C21H18ClN3O5. The molecule has 0 unspecified atom stereocenters. The highest BCUT2D eigenvalue weighted by molar-refractivity contribution is 6.30. The molecule has 2 aromatic carbocycles. The van der Waals surface area contributed by atoms with Crippen molar-refractivity contribution in [3.05, 3.63) is 52.9 Å². The van der Waals surface area contributed by atoms with E-state index in [9.17, 15) is 4.79 Å². The number of benzene rings is 2. The van der Waals surface area contributed by atoms with Gasteiger partial charge in [0.05, 0.1) is 19.9 Å². The third kappa shape index (κ3) is 2.83. The van der Waals surface area contributed by atoms with Gasteiger partial charge in [0, 0.05) is 28.6 Å². The van der Waals surface area contributed by atoms with Gasteiger partial charge in [-0.1, -0.05) is 17.7 Å². The van der Waals surface area contributed by atoms with Crippen LogP contribution in [0.15, 0.2) is 36.7 Å². The minimum absolute atomic E-state index is 0.0747. The average Bonchev–Trinajstić information content (AvgIpc) is 3.39. The van der Waals surface area contributed by atoms with Crippen molar-refractivity contribution in [3.8, 4) is 28.7 Å². The van der Waals surface area contributed by atoms with Crippen LogP contribution in [0, 0.1) is 0 Å². The lowest BCUT2D eigenvalue weighted by Crippen LogP contribution is -2.25. The SMILES string of the molecule is COc1cc([C@@H]2CC(=O)Nc3c2ncn3-c2cccc(Cl)c2)c(OC)c2c1OCO2. The standard InChI is InChI=1S/C21H18ClN3O5/c1-27-15-7-14(18(28-2)20-19(15)29-10-30-20)13-8-16(26)24-21-17(13)23-9-25(21)12-5-3-4-11(22)6-12/h3-7,9,13H,8,10H2,1-2H3,(H,24,26)/t13-/m0/s1. The van der Waals surface area contributed by atoms with E-state index >= 15 is 0 Å². The maximum Gasteiger partial charge on any atom is 0.231 e. The highest BCUT2D eigenvalue weighted by Crippen LogP contribution is 2.53. The van der Waals surface area contributed by atoms with Gasteiger partial charge >= 0.3 is 0 Å². The smallest absolute Gasteiger partial charge is 0.231 e. The second kappa shape index (κ2) is 7.14. The number of amides is 1. The molecule has 0 spiro atoms. The van der Waals surface area contributed by atoms with Crippen LogP contribution < -0.4 is 24.3 Å². The van der Waals surface area contributed by atoms with Crippen LogP contribution in [0.2, 0.25) is 5.02 Å². The zero-order valence-electron chi connectivity index (χ0n) is 16.3. The number of rotatable bonds is 4. The highest BCUT2D eigenvalue weighted by Gasteiger charge is 2.36. The number of methoxy groups -OCH3 is 2. The summed E-state index contributed by atoms with van der Waals surface area (Å²) in [5, 5.41) is 3.53. The second-order valence-electron chi connectivity index (χ2n) is 6.90. The van der Waals surface area contributed by atoms with Gasteiger partial charge in [0.1, 0.15) is 12.1 Å². The van der Waals surface area contributed by atoms with Crippen LogP contribution in [-0.4, -0.2) is 36.5 Å². The summed E-state index contributed by atoms with van der Waals surface area (Å²) < 4.78 is 24.1. The van der Waals surface area contributed by atoms with Crippen LogP contribution in [0.5, 0.6) is 23.0 Å². The van der Waals surface area contributed by atoms with Crippen molar-refractivity contribution in [1.29, 1.82) is 0 Å². The normalized spacial score (nSPS) is 16.8. The molecule has 3 aromatic rings. The summed E-state index contributed by atoms with van der Waals surface area (Å²) in [7, 11) is 3.11. The van der Waals surface area contributed by atoms with Crippen LogP contribution in [0.4, 0.5) is 5.82 Å². The number of ether oxygens (including phenoxy) is 4. The van der Waals surface area contributed by atoms with Gasteiger partial charge < -0.3 is 24.3 Å². The molecule has 0 aliphatic carbocycles. The van der Waals surface area contributed by atoms with E-state index < -0.39 is 0 Å². The van der Waals surface area contributed by atoms with E-state index in [1.807, 2.05) is 28.8 Å². The Morgan fingerprint density at radius 1 is 1.20 bits per heavy atom. The van der Waals surface area contributed by atoms with Crippen LogP contribution in [0.3, 0.4) is 0 Å². The first kappa shape index (κ1) is 18.6. The number of carbonyl (C=O) groups excluding carboxylic acids is 1. The molecule has 2 aliphatic rings. The van der Waals surface area contributed by atoms with Crippen molar-refractivity contribution < 1.29 is 23.7 Å². The van der Waals surface area contributed by atoms with E-state index in [-0.39, 0.29) is 25.0 Å². The van der Waals surface area contributed by atoms with Crippen molar-refractivity contribution >= 4 is 23.3 Å². The number of nitrogens with zero attached hydrogens (tertiary/aromatic N) is 2. The molecule has 3 heterocycles. The Morgan fingerprint density at radius 2 is 2.03 bits per heavy atom. The molecule has 8 nitrogen and oxygen atoms in total. The zero-order valence-corrected chi connectivity index (χ0v) is 17.0. The van der Waals surface area contributed by atoms with E-state index in [0.29, 0.717) is 39.5 Å². The highest BCUT2D eigenvalue weighted by atomic mass is 35.5. The number of hydrogen-bond donors (Lipinski definition) is 1. The number of nitrogens with one attached hydrogen (secondary N) is 1. The molecule has 0 bridgehead atoms. The van der Waals surface area contributed by atoms with E-state index in [0.717, 1.165) is 11.3 Å². The lowest BCUT2D eigenvalue weighted by Gasteiger charge is -2.25. The maximum atomic E-state index is 12.6. The van der Waals surface area contributed by atoms with Crippen LogP contribution in [0.1, 0.15) is 23.6 Å². The first-order valence-corrected chi connectivity index (χ1v) is 9.66. The Labute approximate surface area is 177 Å². The minimum atomic E-state index is -0.354. The maximum absolute atomic E-state index is 12.6. The van der Waals surface area contributed by atoms with E-state index in [4.69, 9.17) is 30.5 Å². The molecule has 9 heteroatoms. The fourth-order valence-corrected chi connectivity index (χ4v) is 4.12. The van der Waals surface area contributed by atoms with Gasteiger partial charge in [-0.15, -0.1) is 0 Å². The summed E-state index contributed by atoms with van der Waals surface area (Å²) >= 11 is 6.15. The molecule has 0 fully saturated rings. The Balaban J connectivity index is 1.68. The van der Waals surface area contributed by atoms with E-state index in [1.165, 1.54) is 0 Å². The van der Waals surface area contributed by atoms with E-state index in [1.54, 1.807) is 26.6 Å². The van der Waals surface area contributed by atoms with Gasteiger partial charge in [0.15, 0.2) is 11.5 Å². The molecule has 0 saturated heterocycles. The van der Waals surface area contributed by atoms with Crippen LogP contribution in [0.25, 0.3) is 5.69 Å². The first-order chi connectivity index (χ1) is 14.6. The van der Waals surface area contributed by atoms with Crippen molar-refractivity contribution in [2.24, 2.45) is 0 Å². The predicted molar refractivity (Wildman–Crippen MR) is 109 cm³/mol. The Kier molecular flexibility index (Phi) is 4.43. The minimum Gasteiger partial charge on any atom is -0.493 e. The number of fused-ring (bicyclic) bond motifs is 2. The van der Waals surface area contributed by atoms with Crippen molar-refractivity contribution in [2.45, 2.75) is 12.3 Å². The van der Waals surface area contributed by atoms with Gasteiger partial charge in [-0.25, -0.2) is 4.98 Å². The Morgan fingerprint density at radius 3 is 2.80 bits per heavy atom. The van der Waals surface area contributed by atoms with Gasteiger partial charge in [0.25, 0.3) is 0 Å². The number of imidazole rings is 1. The van der Waals surface area contributed by atoms with Crippen molar-refractivity contribution in [1.82, 2.24) is 9.55 Å². The summed E-state index contributed by atoms with van der Waals surface area (Å²) in [6.07, 6.45) is 1.88. The van der Waals surface area contributed by atoms with Gasteiger partial charge in [-0.3, -0.25) is 9.36 Å². The first-order valence-electron chi connectivity index (χ1n) is 9.28. The van der Waals surface area contributed by atoms with Crippen molar-refractivity contribution in [3.63, 3.8) is 0 Å². The number of carbonyl (C=O) groups is 1. The molecule has 1 N–H and O–H groups in total. The molecule has 1 aromatic heterocycles. The number of hydrogen-bond acceptors (Lipinski definition) is 6. The van der Waals surface area contributed by atoms with Crippen molar-refractivity contribution in [2.75, 3.05) is 26.3 Å². The quantitative estimate of drug-likeness (QED) is 0.682. The monoisotopic (exact) mass is 427 g/mol. The zero-order chi connectivity index (χ0) is 20.8. The number of halogens is 1. The third-order valence-corrected chi connectivity index (χ3v) is 5.49. The fourth-order valence-electron chi connectivity index (χ4n) is 3.94. The Bertz CT molecular complexity index is 1160. The third-order valence-electron chi connectivity index (χ3n) is 5.25. The predicted octanol–water partition coefficient (Wildman–Crippen LogP) is 3.75. The molecule has 0 saturated carbocycles. The molecule has 5 rings (SSSR count). The molecule has 154 valence electrons. The molecular weight excluding hydrogens is 410 g/mol. The molecule has 1 amide bonds. The molecule has 0 radical (unpaired) electrons. The lowest BCUT2D eigenvalue weighted by molar-refractivity contribution is -0.116.